The van der Waals surface area contributed by atoms with Crippen molar-refractivity contribution < 1.29 is 0 Å². The van der Waals surface area contributed by atoms with Gasteiger partial charge in [0.15, 0.2) is 0 Å². The highest BCUT2D eigenvalue weighted by Gasteiger charge is 2.27. The second-order valence-corrected chi connectivity index (χ2v) is 8.03. The maximum Gasteiger partial charge on any atom is 0.0406 e. The van der Waals surface area contributed by atoms with Gasteiger partial charge in [-0.25, -0.2) is 0 Å². The average molecular weight is 315 g/mol. The van der Waals surface area contributed by atoms with Crippen LogP contribution in [0.3, 0.4) is 0 Å². The van der Waals surface area contributed by atoms with Crippen LogP contribution >= 0.6 is 11.6 Å². The van der Waals surface area contributed by atoms with Gasteiger partial charge in [0.2, 0.25) is 0 Å². The zero-order valence-corrected chi connectivity index (χ0v) is 15.2. The molecule has 0 N–H and O–H groups in total. The Morgan fingerprint density at radius 1 is 0.773 bits per heavy atom. The van der Waals surface area contributed by atoms with E-state index in [0.29, 0.717) is 0 Å². The predicted octanol–water partition coefficient (Wildman–Crippen LogP) is 6.68. The molecule has 0 spiro atoms. The Hall–Kier alpha value is -1.27. The third-order valence-corrected chi connectivity index (χ3v) is 5.13. The molecule has 2 rings (SSSR count). The Morgan fingerprint density at radius 2 is 1.32 bits per heavy atom. The van der Waals surface area contributed by atoms with E-state index in [-0.39, 0.29) is 10.8 Å². The van der Waals surface area contributed by atoms with Gasteiger partial charge in [-0.3, -0.25) is 0 Å². The fourth-order valence-corrected chi connectivity index (χ4v) is 3.26. The van der Waals surface area contributed by atoms with E-state index >= 15 is 0 Å². The van der Waals surface area contributed by atoms with Crippen LogP contribution in [0.4, 0.5) is 0 Å². The second-order valence-electron chi connectivity index (χ2n) is 7.59. The molecule has 0 aromatic heterocycles. The first kappa shape index (κ1) is 17.1. The number of halogens is 1. The van der Waals surface area contributed by atoms with Crippen molar-refractivity contribution in [2.24, 2.45) is 0 Å². The smallest absolute Gasteiger partial charge is 0.0406 e. The summed E-state index contributed by atoms with van der Waals surface area (Å²) in [6.07, 6.45) is 2.31. The molecule has 0 aliphatic carbocycles. The summed E-state index contributed by atoms with van der Waals surface area (Å²) in [4.78, 5) is 0. The molecule has 0 saturated heterocycles. The Bertz CT molecular complexity index is 621. The second kappa shape index (κ2) is 6.46. The highest BCUT2D eigenvalue weighted by molar-refractivity contribution is 6.30. The summed E-state index contributed by atoms with van der Waals surface area (Å²) in [5, 5.41) is 0.805. The van der Waals surface area contributed by atoms with E-state index in [2.05, 4.69) is 71.0 Å². The van der Waals surface area contributed by atoms with Crippen LogP contribution in [0.2, 0.25) is 5.02 Å². The Morgan fingerprint density at radius 3 is 1.91 bits per heavy atom. The molecule has 0 bridgehead atoms. The molecular formula is C21H27Cl. The van der Waals surface area contributed by atoms with Gasteiger partial charge >= 0.3 is 0 Å². The molecule has 0 heterocycles. The van der Waals surface area contributed by atoms with Gasteiger partial charge in [-0.15, -0.1) is 0 Å². The van der Waals surface area contributed by atoms with Crippen molar-refractivity contribution >= 4 is 11.6 Å². The quantitative estimate of drug-likeness (QED) is 0.577. The summed E-state index contributed by atoms with van der Waals surface area (Å²) in [5.74, 6) is 0. The van der Waals surface area contributed by atoms with Crippen LogP contribution in [-0.2, 0) is 10.8 Å². The van der Waals surface area contributed by atoms with E-state index in [4.69, 9.17) is 11.6 Å². The van der Waals surface area contributed by atoms with E-state index < -0.39 is 0 Å². The Labute approximate surface area is 140 Å². The monoisotopic (exact) mass is 314 g/mol. The van der Waals surface area contributed by atoms with Gasteiger partial charge in [0.25, 0.3) is 0 Å². The number of benzene rings is 2. The van der Waals surface area contributed by atoms with Crippen LogP contribution in [0.1, 0.15) is 57.2 Å². The topological polar surface area (TPSA) is 0 Å². The minimum Gasteiger partial charge on any atom is -0.0843 e. The molecule has 0 radical (unpaired) electrons. The first-order valence-corrected chi connectivity index (χ1v) is 8.42. The zero-order chi connectivity index (χ0) is 16.4. The first-order chi connectivity index (χ1) is 10.2. The van der Waals surface area contributed by atoms with Gasteiger partial charge in [-0.2, -0.15) is 0 Å². The van der Waals surface area contributed by atoms with Gasteiger partial charge in [0, 0.05) is 5.02 Å². The first-order valence-electron chi connectivity index (χ1n) is 8.04. The van der Waals surface area contributed by atoms with Crippen LogP contribution in [0, 0.1) is 6.92 Å². The molecule has 0 fully saturated rings. The van der Waals surface area contributed by atoms with Crippen LogP contribution < -0.4 is 0 Å². The largest absolute Gasteiger partial charge is 0.0843 e. The maximum absolute atomic E-state index is 6.01. The van der Waals surface area contributed by atoms with Crippen molar-refractivity contribution in [2.75, 3.05) is 0 Å². The molecule has 0 unspecified atom stereocenters. The van der Waals surface area contributed by atoms with E-state index in [1.807, 2.05) is 12.1 Å². The Balaban J connectivity index is 2.14. The molecule has 0 saturated carbocycles. The molecule has 2 aromatic carbocycles. The summed E-state index contributed by atoms with van der Waals surface area (Å²) in [6.45, 7) is 11.6. The van der Waals surface area contributed by atoms with Crippen LogP contribution in [-0.4, -0.2) is 0 Å². The lowest BCUT2D eigenvalue weighted by molar-refractivity contribution is 0.374. The normalized spacial score (nSPS) is 12.5. The number of hydrogen-bond acceptors (Lipinski definition) is 0. The van der Waals surface area contributed by atoms with Crippen LogP contribution in [0.25, 0.3) is 0 Å². The Kier molecular flexibility index (Phi) is 5.02. The third-order valence-electron chi connectivity index (χ3n) is 4.87. The summed E-state index contributed by atoms with van der Waals surface area (Å²) in [6, 6.07) is 17.0. The highest BCUT2D eigenvalue weighted by Crippen LogP contribution is 2.37. The van der Waals surface area contributed by atoms with Gasteiger partial charge in [0.05, 0.1) is 0 Å². The van der Waals surface area contributed by atoms with E-state index in [1.54, 1.807) is 0 Å². The van der Waals surface area contributed by atoms with Crippen molar-refractivity contribution in [3.63, 3.8) is 0 Å². The van der Waals surface area contributed by atoms with Crippen molar-refractivity contribution in [3.8, 4) is 0 Å². The molecule has 1 heteroatoms. The molecular weight excluding hydrogens is 288 g/mol. The lowest BCUT2D eigenvalue weighted by Gasteiger charge is -2.33. The van der Waals surface area contributed by atoms with E-state index in [9.17, 15) is 0 Å². The maximum atomic E-state index is 6.01. The third kappa shape index (κ3) is 3.93. The summed E-state index contributed by atoms with van der Waals surface area (Å²) >= 11 is 6.01. The molecule has 0 nitrogen and oxygen atoms in total. The highest BCUT2D eigenvalue weighted by atomic mass is 35.5. The number of rotatable bonds is 5. The zero-order valence-electron chi connectivity index (χ0n) is 14.4. The van der Waals surface area contributed by atoms with Crippen molar-refractivity contribution in [2.45, 2.75) is 58.3 Å². The van der Waals surface area contributed by atoms with Crippen molar-refractivity contribution in [1.29, 1.82) is 0 Å². The summed E-state index contributed by atoms with van der Waals surface area (Å²) < 4.78 is 0. The molecule has 0 aliphatic rings. The lowest BCUT2D eigenvalue weighted by atomic mass is 9.72. The number of aryl methyl sites for hydroxylation is 1. The predicted molar refractivity (Wildman–Crippen MR) is 97.9 cm³/mol. The van der Waals surface area contributed by atoms with Gasteiger partial charge in [-0.1, -0.05) is 75.7 Å². The van der Waals surface area contributed by atoms with Crippen molar-refractivity contribution in [3.05, 3.63) is 70.2 Å². The van der Waals surface area contributed by atoms with E-state index in [1.165, 1.54) is 16.7 Å². The minimum absolute atomic E-state index is 0.157. The van der Waals surface area contributed by atoms with Crippen molar-refractivity contribution in [1.82, 2.24) is 0 Å². The summed E-state index contributed by atoms with van der Waals surface area (Å²) in [7, 11) is 0. The number of hydrogen-bond donors (Lipinski definition) is 0. The molecule has 118 valence electrons. The SMILES string of the molecule is Cc1ccccc1C(C)(C)CCC(C)(C)c1ccc(Cl)cc1. The molecule has 2 aromatic rings. The van der Waals surface area contributed by atoms with E-state index in [0.717, 1.165) is 17.9 Å². The van der Waals surface area contributed by atoms with Gasteiger partial charge < -0.3 is 0 Å². The van der Waals surface area contributed by atoms with Crippen LogP contribution in [0.5, 0.6) is 0 Å². The molecule has 0 aliphatic heterocycles. The lowest BCUT2D eigenvalue weighted by Crippen LogP contribution is -2.25. The average Bonchev–Trinajstić information content (AvgIpc) is 2.46. The fraction of sp³-hybridized carbons (Fsp3) is 0.429. The minimum atomic E-state index is 0.157. The van der Waals surface area contributed by atoms with Gasteiger partial charge in [0.1, 0.15) is 0 Å². The molecule has 0 amide bonds. The standard InChI is InChI=1S/C21H27Cl/c1-16-8-6-7-9-19(16)21(4,5)15-14-20(2,3)17-10-12-18(22)13-11-17/h6-13H,14-15H2,1-5H3. The fourth-order valence-electron chi connectivity index (χ4n) is 3.14. The molecule has 0 atom stereocenters. The van der Waals surface area contributed by atoms with Crippen LogP contribution in [0.15, 0.2) is 48.5 Å². The molecule has 22 heavy (non-hydrogen) atoms. The summed E-state index contributed by atoms with van der Waals surface area (Å²) in [5.41, 5.74) is 4.55. The van der Waals surface area contributed by atoms with Gasteiger partial charge in [-0.05, 0) is 59.4 Å².